The summed E-state index contributed by atoms with van der Waals surface area (Å²) in [5.41, 5.74) is -0.547. The van der Waals surface area contributed by atoms with Crippen LogP contribution in [-0.2, 0) is 14.3 Å². The Kier molecular flexibility index (Phi) is 9.24. The van der Waals surface area contributed by atoms with Crippen LogP contribution >= 0.6 is 0 Å². The Labute approximate surface area is 175 Å². The third-order valence-corrected chi connectivity index (χ3v) is 5.72. The maximum absolute atomic E-state index is 12.5. The number of hydrogen-bond donors (Lipinski definition) is 2. The first-order valence-corrected chi connectivity index (χ1v) is 11.3. The van der Waals surface area contributed by atoms with Crippen molar-refractivity contribution in [3.05, 3.63) is 0 Å². The summed E-state index contributed by atoms with van der Waals surface area (Å²) in [6.45, 7) is 7.07. The molecule has 1 aliphatic heterocycles. The van der Waals surface area contributed by atoms with Crippen LogP contribution in [0.2, 0.25) is 0 Å². The number of nitrogens with one attached hydrogen (secondary N) is 2. The van der Waals surface area contributed by atoms with Crippen molar-refractivity contribution in [1.29, 1.82) is 0 Å². The van der Waals surface area contributed by atoms with E-state index in [0.717, 1.165) is 25.2 Å². The Morgan fingerprint density at radius 2 is 1.62 bits per heavy atom. The Morgan fingerprint density at radius 1 is 0.966 bits per heavy atom. The molecule has 1 aliphatic carbocycles. The molecule has 0 aromatic rings. The molecule has 166 valence electrons. The van der Waals surface area contributed by atoms with Crippen LogP contribution in [0.1, 0.15) is 85.0 Å². The molecule has 2 fully saturated rings. The second-order valence-electron chi connectivity index (χ2n) is 9.44. The highest BCUT2D eigenvalue weighted by atomic mass is 16.6. The van der Waals surface area contributed by atoms with E-state index in [0.29, 0.717) is 19.5 Å². The van der Waals surface area contributed by atoms with Gasteiger partial charge in [0.05, 0.1) is 0 Å². The molecule has 2 rings (SSSR count). The first kappa shape index (κ1) is 23.5. The minimum absolute atomic E-state index is 0.0804. The first-order chi connectivity index (χ1) is 13.7. The molecule has 0 atom stereocenters. The topological polar surface area (TPSA) is 87.7 Å². The van der Waals surface area contributed by atoms with Gasteiger partial charge in [-0.3, -0.25) is 9.59 Å². The van der Waals surface area contributed by atoms with E-state index in [4.69, 9.17) is 4.74 Å². The molecular weight excluding hydrogens is 370 g/mol. The van der Waals surface area contributed by atoms with Crippen LogP contribution in [0, 0.1) is 5.92 Å². The summed E-state index contributed by atoms with van der Waals surface area (Å²) in [5, 5.41) is 5.61. The molecule has 0 unspecified atom stereocenters. The second-order valence-corrected chi connectivity index (χ2v) is 9.44. The number of amides is 3. The standard InChI is InChI=1S/C22H39N3O4/c1-22(2,3)29-21(28)23-14-11-19(26)24-18-12-15-25(16-13-18)20(27)10-9-17-7-5-4-6-8-17/h17-18H,4-16H2,1-3H3,(H,23,28)(H,24,26). The molecule has 29 heavy (non-hydrogen) atoms. The zero-order chi connectivity index (χ0) is 21.3. The van der Waals surface area contributed by atoms with Crippen molar-refractivity contribution in [3.8, 4) is 0 Å². The van der Waals surface area contributed by atoms with Crippen LogP contribution in [0.4, 0.5) is 4.79 Å². The average molecular weight is 410 g/mol. The fraction of sp³-hybridized carbons (Fsp3) is 0.864. The molecule has 2 aliphatic rings. The van der Waals surface area contributed by atoms with Gasteiger partial charge in [-0.2, -0.15) is 0 Å². The minimum atomic E-state index is -0.547. The molecule has 7 heteroatoms. The Hall–Kier alpha value is -1.79. The number of piperidine rings is 1. The van der Waals surface area contributed by atoms with Crippen LogP contribution in [0.3, 0.4) is 0 Å². The Bertz CT molecular complexity index is 545. The fourth-order valence-electron chi connectivity index (χ4n) is 4.13. The predicted molar refractivity (Wildman–Crippen MR) is 112 cm³/mol. The highest BCUT2D eigenvalue weighted by Crippen LogP contribution is 2.27. The number of carbonyl (C=O) groups excluding carboxylic acids is 3. The van der Waals surface area contributed by atoms with Crippen molar-refractivity contribution in [2.45, 2.75) is 96.6 Å². The van der Waals surface area contributed by atoms with E-state index < -0.39 is 11.7 Å². The number of ether oxygens (including phenoxy) is 1. The number of hydrogen-bond acceptors (Lipinski definition) is 4. The lowest BCUT2D eigenvalue weighted by molar-refractivity contribution is -0.132. The van der Waals surface area contributed by atoms with Crippen molar-refractivity contribution in [3.63, 3.8) is 0 Å². The molecule has 0 aromatic heterocycles. The van der Waals surface area contributed by atoms with Gasteiger partial charge in [0.15, 0.2) is 0 Å². The number of alkyl carbamates (subject to hydrolysis) is 1. The number of carbonyl (C=O) groups is 3. The van der Waals surface area contributed by atoms with Gasteiger partial charge in [-0.1, -0.05) is 32.1 Å². The lowest BCUT2D eigenvalue weighted by Crippen LogP contribution is -2.47. The monoisotopic (exact) mass is 409 g/mol. The smallest absolute Gasteiger partial charge is 0.407 e. The van der Waals surface area contributed by atoms with Crippen LogP contribution < -0.4 is 10.6 Å². The predicted octanol–water partition coefficient (Wildman–Crippen LogP) is 3.37. The minimum Gasteiger partial charge on any atom is -0.444 e. The van der Waals surface area contributed by atoms with Gasteiger partial charge >= 0.3 is 6.09 Å². The van der Waals surface area contributed by atoms with E-state index in [2.05, 4.69) is 10.6 Å². The molecule has 0 radical (unpaired) electrons. The van der Waals surface area contributed by atoms with Crippen LogP contribution in [0.5, 0.6) is 0 Å². The Balaban J connectivity index is 1.56. The molecular formula is C22H39N3O4. The summed E-state index contributed by atoms with van der Waals surface area (Å²) in [6.07, 6.45) is 9.54. The molecule has 1 saturated heterocycles. The SMILES string of the molecule is CC(C)(C)OC(=O)NCCC(=O)NC1CCN(C(=O)CCC2CCCCC2)CC1. The van der Waals surface area contributed by atoms with Gasteiger partial charge in [-0.25, -0.2) is 4.79 Å². The summed E-state index contributed by atoms with van der Waals surface area (Å²) in [5.74, 6) is 0.920. The summed E-state index contributed by atoms with van der Waals surface area (Å²) in [4.78, 5) is 38.1. The van der Waals surface area contributed by atoms with Gasteiger partial charge in [-0.05, 0) is 46.0 Å². The lowest BCUT2D eigenvalue weighted by Gasteiger charge is -2.33. The maximum atomic E-state index is 12.5. The fourth-order valence-corrected chi connectivity index (χ4v) is 4.13. The molecule has 0 aromatic carbocycles. The molecule has 0 bridgehead atoms. The third-order valence-electron chi connectivity index (χ3n) is 5.72. The molecule has 3 amide bonds. The van der Waals surface area contributed by atoms with Gasteiger partial charge in [0, 0.05) is 38.5 Å². The average Bonchev–Trinajstić information content (AvgIpc) is 2.66. The van der Waals surface area contributed by atoms with E-state index in [1.807, 2.05) is 4.90 Å². The van der Waals surface area contributed by atoms with Crippen molar-refractivity contribution < 1.29 is 19.1 Å². The van der Waals surface area contributed by atoms with Crippen LogP contribution in [0.25, 0.3) is 0 Å². The summed E-state index contributed by atoms with van der Waals surface area (Å²) in [7, 11) is 0. The molecule has 2 N–H and O–H groups in total. The van der Waals surface area contributed by atoms with Gasteiger partial charge in [0.25, 0.3) is 0 Å². The highest BCUT2D eigenvalue weighted by Gasteiger charge is 2.24. The second kappa shape index (κ2) is 11.4. The Morgan fingerprint density at radius 3 is 2.24 bits per heavy atom. The highest BCUT2D eigenvalue weighted by molar-refractivity contribution is 5.78. The van der Waals surface area contributed by atoms with E-state index >= 15 is 0 Å². The number of nitrogens with zero attached hydrogens (tertiary/aromatic N) is 1. The van der Waals surface area contributed by atoms with Crippen LogP contribution in [-0.4, -0.2) is 54.1 Å². The van der Waals surface area contributed by atoms with E-state index in [1.165, 1.54) is 32.1 Å². The largest absolute Gasteiger partial charge is 0.444 e. The summed E-state index contributed by atoms with van der Waals surface area (Å²) in [6, 6.07) is 0.103. The number of likely N-dealkylation sites (tertiary alicyclic amines) is 1. The van der Waals surface area contributed by atoms with Gasteiger partial charge < -0.3 is 20.3 Å². The molecule has 1 saturated carbocycles. The van der Waals surface area contributed by atoms with E-state index in [-0.39, 0.29) is 30.8 Å². The summed E-state index contributed by atoms with van der Waals surface area (Å²) >= 11 is 0. The zero-order valence-electron chi connectivity index (χ0n) is 18.4. The normalized spacial score (nSPS) is 18.9. The van der Waals surface area contributed by atoms with Crippen molar-refractivity contribution >= 4 is 17.9 Å². The lowest BCUT2D eigenvalue weighted by atomic mass is 9.86. The zero-order valence-corrected chi connectivity index (χ0v) is 18.4. The quantitative estimate of drug-likeness (QED) is 0.675. The van der Waals surface area contributed by atoms with Gasteiger partial charge in [0.1, 0.15) is 5.60 Å². The maximum Gasteiger partial charge on any atom is 0.407 e. The summed E-state index contributed by atoms with van der Waals surface area (Å²) < 4.78 is 5.14. The van der Waals surface area contributed by atoms with Gasteiger partial charge in [-0.15, -0.1) is 0 Å². The third kappa shape index (κ3) is 9.50. The molecule has 7 nitrogen and oxygen atoms in total. The van der Waals surface area contributed by atoms with Crippen molar-refractivity contribution in [1.82, 2.24) is 15.5 Å². The van der Waals surface area contributed by atoms with E-state index in [9.17, 15) is 14.4 Å². The molecule has 0 spiro atoms. The van der Waals surface area contributed by atoms with Crippen molar-refractivity contribution in [2.24, 2.45) is 5.92 Å². The van der Waals surface area contributed by atoms with Crippen LogP contribution in [0.15, 0.2) is 0 Å². The van der Waals surface area contributed by atoms with Crippen molar-refractivity contribution in [2.75, 3.05) is 19.6 Å². The van der Waals surface area contributed by atoms with Gasteiger partial charge in [0.2, 0.25) is 11.8 Å². The number of rotatable bonds is 7. The van der Waals surface area contributed by atoms with E-state index in [1.54, 1.807) is 20.8 Å². The first-order valence-electron chi connectivity index (χ1n) is 11.3. The molecule has 1 heterocycles.